The molecule has 2 aromatic rings. The van der Waals surface area contributed by atoms with E-state index in [1.165, 1.54) is 6.26 Å². The van der Waals surface area contributed by atoms with Gasteiger partial charge in [-0.2, -0.15) is 0 Å². The number of carbonyl (C=O) groups is 1. The smallest absolute Gasteiger partial charge is 0.223 e. The van der Waals surface area contributed by atoms with E-state index < -0.39 is 0 Å². The van der Waals surface area contributed by atoms with Gasteiger partial charge in [0.15, 0.2) is 0 Å². The molecule has 100 valence electrons. The van der Waals surface area contributed by atoms with Crippen molar-refractivity contribution in [3.8, 4) is 0 Å². The van der Waals surface area contributed by atoms with Gasteiger partial charge in [0.1, 0.15) is 12.0 Å². The Morgan fingerprint density at radius 2 is 2.32 bits per heavy atom. The van der Waals surface area contributed by atoms with E-state index >= 15 is 0 Å². The van der Waals surface area contributed by atoms with Crippen LogP contribution in [0.2, 0.25) is 0 Å². The SMILES string of the molecule is C[C@@H](c1ccon1)N(C)C(=O)CCc1cccnc1. The van der Waals surface area contributed by atoms with E-state index in [4.69, 9.17) is 4.52 Å². The van der Waals surface area contributed by atoms with Gasteiger partial charge in [0, 0.05) is 31.9 Å². The molecule has 0 aromatic carbocycles. The van der Waals surface area contributed by atoms with E-state index in [0.717, 1.165) is 11.3 Å². The molecule has 0 aliphatic carbocycles. The zero-order valence-electron chi connectivity index (χ0n) is 11.1. The van der Waals surface area contributed by atoms with Gasteiger partial charge >= 0.3 is 0 Å². The number of aryl methyl sites for hydroxylation is 1. The van der Waals surface area contributed by atoms with Crippen LogP contribution in [0.5, 0.6) is 0 Å². The Bertz CT molecular complexity index is 511. The van der Waals surface area contributed by atoms with Crippen LogP contribution in [0.4, 0.5) is 0 Å². The topological polar surface area (TPSA) is 59.2 Å². The van der Waals surface area contributed by atoms with Crippen molar-refractivity contribution < 1.29 is 9.32 Å². The Labute approximate surface area is 112 Å². The quantitative estimate of drug-likeness (QED) is 0.826. The van der Waals surface area contributed by atoms with Gasteiger partial charge in [0.25, 0.3) is 0 Å². The molecule has 2 aromatic heterocycles. The first-order valence-corrected chi connectivity index (χ1v) is 6.23. The van der Waals surface area contributed by atoms with Gasteiger partial charge < -0.3 is 9.42 Å². The number of carbonyl (C=O) groups excluding carboxylic acids is 1. The van der Waals surface area contributed by atoms with Crippen molar-refractivity contribution in [1.82, 2.24) is 15.0 Å². The largest absolute Gasteiger partial charge is 0.364 e. The molecule has 0 spiro atoms. The molecule has 5 heteroatoms. The lowest BCUT2D eigenvalue weighted by atomic mass is 10.1. The minimum absolute atomic E-state index is 0.0827. The second-order valence-electron chi connectivity index (χ2n) is 4.47. The van der Waals surface area contributed by atoms with E-state index in [0.29, 0.717) is 12.8 Å². The van der Waals surface area contributed by atoms with E-state index in [2.05, 4.69) is 10.1 Å². The summed E-state index contributed by atoms with van der Waals surface area (Å²) in [4.78, 5) is 17.8. The maximum Gasteiger partial charge on any atom is 0.223 e. The summed E-state index contributed by atoms with van der Waals surface area (Å²) in [6.07, 6.45) is 6.19. The first kappa shape index (κ1) is 13.3. The van der Waals surface area contributed by atoms with Crippen LogP contribution in [-0.2, 0) is 11.2 Å². The molecule has 1 atom stereocenters. The molecule has 2 rings (SSSR count). The molecule has 1 amide bonds. The molecule has 0 radical (unpaired) electrons. The zero-order chi connectivity index (χ0) is 13.7. The number of hydrogen-bond donors (Lipinski definition) is 0. The van der Waals surface area contributed by atoms with Crippen molar-refractivity contribution in [3.05, 3.63) is 48.1 Å². The third kappa shape index (κ3) is 3.40. The van der Waals surface area contributed by atoms with Crippen LogP contribution in [0.25, 0.3) is 0 Å². The Kier molecular flexibility index (Phi) is 4.28. The standard InChI is InChI=1S/C14H17N3O2/c1-11(13-7-9-19-16-13)17(2)14(18)6-5-12-4-3-8-15-10-12/h3-4,7-11H,5-6H2,1-2H3/t11-/m0/s1. The summed E-state index contributed by atoms with van der Waals surface area (Å²) in [6, 6.07) is 5.54. The fourth-order valence-corrected chi connectivity index (χ4v) is 1.83. The van der Waals surface area contributed by atoms with Gasteiger partial charge in [0.05, 0.1) is 6.04 Å². The van der Waals surface area contributed by atoms with Crippen LogP contribution in [0.3, 0.4) is 0 Å². The minimum atomic E-state index is -0.0832. The fourth-order valence-electron chi connectivity index (χ4n) is 1.83. The highest BCUT2D eigenvalue weighted by Gasteiger charge is 2.19. The summed E-state index contributed by atoms with van der Waals surface area (Å²) in [5.74, 6) is 0.0827. The van der Waals surface area contributed by atoms with Crippen LogP contribution in [0.15, 0.2) is 41.4 Å². The lowest BCUT2D eigenvalue weighted by Gasteiger charge is -2.23. The number of nitrogens with zero attached hydrogens (tertiary/aromatic N) is 3. The van der Waals surface area contributed by atoms with Crippen molar-refractivity contribution in [3.63, 3.8) is 0 Å². The predicted molar refractivity (Wildman–Crippen MR) is 70.2 cm³/mol. The number of aromatic nitrogens is 2. The molecule has 0 aliphatic heterocycles. The van der Waals surface area contributed by atoms with Crippen LogP contribution in [0.1, 0.15) is 30.6 Å². The normalized spacial score (nSPS) is 12.1. The summed E-state index contributed by atoms with van der Waals surface area (Å²) < 4.78 is 4.80. The van der Waals surface area contributed by atoms with Gasteiger partial charge in [0.2, 0.25) is 5.91 Å². The Balaban J connectivity index is 1.89. The number of pyridine rings is 1. The van der Waals surface area contributed by atoms with Gasteiger partial charge in [-0.15, -0.1) is 0 Å². The van der Waals surface area contributed by atoms with Crippen molar-refractivity contribution in [1.29, 1.82) is 0 Å². The lowest BCUT2D eigenvalue weighted by molar-refractivity contribution is -0.131. The molecule has 2 heterocycles. The first-order chi connectivity index (χ1) is 9.18. The molecule has 5 nitrogen and oxygen atoms in total. The predicted octanol–water partition coefficient (Wildman–Crippen LogP) is 2.22. The van der Waals surface area contributed by atoms with Gasteiger partial charge in [-0.05, 0) is 25.0 Å². The van der Waals surface area contributed by atoms with Crippen LogP contribution < -0.4 is 0 Å². The monoisotopic (exact) mass is 259 g/mol. The van der Waals surface area contributed by atoms with E-state index in [1.807, 2.05) is 19.1 Å². The average molecular weight is 259 g/mol. The number of hydrogen-bond acceptors (Lipinski definition) is 4. The maximum atomic E-state index is 12.1. The number of amides is 1. The van der Waals surface area contributed by atoms with E-state index in [1.54, 1.807) is 30.4 Å². The summed E-state index contributed by atoms with van der Waals surface area (Å²) in [7, 11) is 1.78. The molecular weight excluding hydrogens is 242 g/mol. The third-order valence-electron chi connectivity index (χ3n) is 3.21. The second-order valence-corrected chi connectivity index (χ2v) is 4.47. The Morgan fingerprint density at radius 1 is 1.47 bits per heavy atom. The van der Waals surface area contributed by atoms with Crippen LogP contribution in [-0.4, -0.2) is 28.0 Å². The Hall–Kier alpha value is -2.17. The molecule has 0 aliphatic rings. The van der Waals surface area contributed by atoms with Gasteiger partial charge in [-0.1, -0.05) is 11.2 Å². The second kappa shape index (κ2) is 6.13. The van der Waals surface area contributed by atoms with Gasteiger partial charge in [-0.25, -0.2) is 0 Å². The molecule has 0 unspecified atom stereocenters. The fraction of sp³-hybridized carbons (Fsp3) is 0.357. The zero-order valence-corrected chi connectivity index (χ0v) is 11.1. The van der Waals surface area contributed by atoms with Crippen molar-refractivity contribution in [2.45, 2.75) is 25.8 Å². The van der Waals surface area contributed by atoms with Gasteiger partial charge in [-0.3, -0.25) is 9.78 Å². The molecule has 0 bridgehead atoms. The van der Waals surface area contributed by atoms with Crippen LogP contribution >= 0.6 is 0 Å². The van der Waals surface area contributed by atoms with Crippen LogP contribution in [0, 0.1) is 0 Å². The first-order valence-electron chi connectivity index (χ1n) is 6.23. The summed E-state index contributed by atoms with van der Waals surface area (Å²) in [6.45, 7) is 1.93. The highest BCUT2D eigenvalue weighted by atomic mass is 16.5. The maximum absolute atomic E-state index is 12.1. The molecule has 0 fully saturated rings. The summed E-state index contributed by atoms with van der Waals surface area (Å²) in [5, 5.41) is 3.86. The molecule has 0 N–H and O–H groups in total. The summed E-state index contributed by atoms with van der Waals surface area (Å²) >= 11 is 0. The van der Waals surface area contributed by atoms with E-state index in [9.17, 15) is 4.79 Å². The number of rotatable bonds is 5. The molecule has 19 heavy (non-hydrogen) atoms. The molecule has 0 saturated heterocycles. The van der Waals surface area contributed by atoms with Crippen molar-refractivity contribution in [2.24, 2.45) is 0 Å². The third-order valence-corrected chi connectivity index (χ3v) is 3.21. The lowest BCUT2D eigenvalue weighted by Crippen LogP contribution is -2.30. The average Bonchev–Trinajstić information content (AvgIpc) is 2.98. The van der Waals surface area contributed by atoms with E-state index in [-0.39, 0.29) is 11.9 Å². The summed E-state index contributed by atoms with van der Waals surface area (Å²) in [5.41, 5.74) is 1.83. The Morgan fingerprint density at radius 3 is 2.95 bits per heavy atom. The minimum Gasteiger partial charge on any atom is -0.364 e. The van der Waals surface area contributed by atoms with Crippen molar-refractivity contribution >= 4 is 5.91 Å². The molecular formula is C14H17N3O2. The highest BCUT2D eigenvalue weighted by Crippen LogP contribution is 2.17. The molecule has 0 saturated carbocycles. The highest BCUT2D eigenvalue weighted by molar-refractivity contribution is 5.76. The van der Waals surface area contributed by atoms with Crippen molar-refractivity contribution in [2.75, 3.05) is 7.05 Å².